The van der Waals surface area contributed by atoms with Crippen molar-refractivity contribution in [1.29, 1.82) is 0 Å². The van der Waals surface area contributed by atoms with Crippen molar-refractivity contribution in [2.45, 2.75) is 40.0 Å². The van der Waals surface area contributed by atoms with Crippen LogP contribution < -0.4 is 24.8 Å². The molecule has 1 aromatic heterocycles. The first-order valence-electron chi connectivity index (χ1n) is 11.6. The van der Waals surface area contributed by atoms with Gasteiger partial charge in [0, 0.05) is 0 Å². The van der Waals surface area contributed by atoms with E-state index >= 15 is 0 Å². The zero-order valence-electron chi connectivity index (χ0n) is 21.9. The summed E-state index contributed by atoms with van der Waals surface area (Å²) >= 11 is 0. The van der Waals surface area contributed by atoms with Crippen LogP contribution >= 0.6 is 8.19 Å². The first-order chi connectivity index (χ1) is 16.6. The number of benzene rings is 3. The minimum Gasteiger partial charge on any atom is -1.00 e. The normalized spacial score (nSPS) is 11.5. The SMILES string of the molecule is Cc1c(C)c2[c-](c1C)C(C)C2.[Cl-].[Cl-].[Zr+2].[c-]1ccc[pH]1.[c-]1ccccc1.[c-]1ccccc1.[c-]1ccccc1. The van der Waals surface area contributed by atoms with Crippen LogP contribution in [0.1, 0.15) is 40.7 Å². The third kappa shape index (κ3) is 14.7. The zero-order chi connectivity index (χ0) is 24.4. The predicted octanol–water partition coefficient (Wildman–Crippen LogP) is 2.97. The molecule has 0 bridgehead atoms. The van der Waals surface area contributed by atoms with Crippen molar-refractivity contribution in [2.24, 2.45) is 0 Å². The Hall–Kier alpha value is -1.75. The van der Waals surface area contributed by atoms with Gasteiger partial charge in [-0.1, -0.05) is 40.0 Å². The fourth-order valence-electron chi connectivity index (χ4n) is 3.61. The third-order valence-electron chi connectivity index (χ3n) is 5.57. The topological polar surface area (TPSA) is 0 Å². The quantitative estimate of drug-likeness (QED) is 0.233. The average molecular weight is 624 g/mol. The van der Waals surface area contributed by atoms with Gasteiger partial charge in [0.25, 0.3) is 0 Å². The second kappa shape index (κ2) is 23.4. The Morgan fingerprint density at radius 3 is 1.24 bits per heavy atom. The van der Waals surface area contributed by atoms with Gasteiger partial charge in [0.1, 0.15) is 0 Å². The van der Waals surface area contributed by atoms with Crippen LogP contribution in [0.25, 0.3) is 0 Å². The Bertz CT molecular complexity index is 918. The van der Waals surface area contributed by atoms with E-state index in [0.29, 0.717) is 0 Å². The van der Waals surface area contributed by atoms with Gasteiger partial charge in [0.05, 0.1) is 0 Å². The molecule has 2 unspecified atom stereocenters. The van der Waals surface area contributed by atoms with Crippen LogP contribution in [0.15, 0.2) is 109 Å². The van der Waals surface area contributed by atoms with E-state index in [1.807, 2.05) is 103 Å². The Morgan fingerprint density at radius 2 is 1.08 bits per heavy atom. The second-order valence-electron chi connectivity index (χ2n) is 7.92. The molecule has 0 saturated heterocycles. The van der Waals surface area contributed by atoms with Crippen LogP contribution in [0, 0.1) is 44.8 Å². The molecule has 0 amide bonds. The second-order valence-corrected chi connectivity index (χ2v) is 8.83. The van der Waals surface area contributed by atoms with E-state index in [2.05, 4.69) is 57.5 Å². The van der Waals surface area contributed by atoms with Crippen LogP contribution in [-0.4, -0.2) is 0 Å². The minimum atomic E-state index is 0. The number of hydrogen-bond donors (Lipinski definition) is 0. The average Bonchev–Trinajstić information content (AvgIpc) is 3.55. The fourth-order valence-corrected chi connectivity index (χ4v) is 4.09. The molecule has 1 heterocycles. The molecule has 6 rings (SSSR count). The fraction of sp³-hybridized carbons (Fsp3) is 0.182. The summed E-state index contributed by atoms with van der Waals surface area (Å²) in [5.74, 6) is 5.94. The molecule has 194 valence electrons. The van der Waals surface area contributed by atoms with Crippen molar-refractivity contribution in [3.05, 3.63) is 161 Å². The minimum absolute atomic E-state index is 0. The summed E-state index contributed by atoms with van der Waals surface area (Å²) in [7, 11) is 0.823. The molecular formula is C33H34Cl2PZr-5. The number of hydrogen-bond acceptors (Lipinski definition) is 0. The van der Waals surface area contributed by atoms with E-state index < -0.39 is 0 Å². The molecule has 1 aliphatic rings. The van der Waals surface area contributed by atoms with E-state index in [1.54, 1.807) is 22.3 Å². The van der Waals surface area contributed by atoms with Gasteiger partial charge >= 0.3 is 26.2 Å². The van der Waals surface area contributed by atoms with Gasteiger partial charge in [-0.2, -0.15) is 149 Å². The van der Waals surface area contributed by atoms with Crippen molar-refractivity contribution in [1.82, 2.24) is 0 Å². The van der Waals surface area contributed by atoms with E-state index in [0.717, 1.165) is 14.1 Å². The van der Waals surface area contributed by atoms with E-state index in [4.69, 9.17) is 0 Å². The Kier molecular flexibility index (Phi) is 23.6. The van der Waals surface area contributed by atoms with Crippen molar-refractivity contribution >= 4 is 8.19 Å². The number of halogens is 2. The molecule has 4 aromatic carbocycles. The molecule has 5 aromatic rings. The van der Waals surface area contributed by atoms with Crippen LogP contribution in [0.5, 0.6) is 0 Å². The van der Waals surface area contributed by atoms with Gasteiger partial charge in [0.15, 0.2) is 0 Å². The summed E-state index contributed by atoms with van der Waals surface area (Å²) in [6.07, 6.45) is 1.32. The Labute approximate surface area is 258 Å². The van der Waals surface area contributed by atoms with E-state index in [9.17, 15) is 0 Å². The summed E-state index contributed by atoms with van der Waals surface area (Å²) in [5.41, 5.74) is 7.93. The Morgan fingerprint density at radius 1 is 0.649 bits per heavy atom. The van der Waals surface area contributed by atoms with Crippen molar-refractivity contribution in [3.8, 4) is 0 Å². The molecule has 0 radical (unpaired) electrons. The Balaban J connectivity index is 0. The number of rotatable bonds is 0. The molecule has 0 nitrogen and oxygen atoms in total. The van der Waals surface area contributed by atoms with Gasteiger partial charge < -0.3 is 24.8 Å². The van der Waals surface area contributed by atoms with E-state index in [-0.39, 0.29) is 51.0 Å². The molecule has 2 atom stereocenters. The maximum atomic E-state index is 3.01. The smallest absolute Gasteiger partial charge is 1.00 e. The van der Waals surface area contributed by atoms with Gasteiger partial charge in [0.2, 0.25) is 0 Å². The molecule has 1 aliphatic carbocycles. The van der Waals surface area contributed by atoms with Crippen molar-refractivity contribution < 1.29 is 51.0 Å². The third-order valence-corrected chi connectivity index (χ3v) is 6.27. The molecule has 0 aliphatic heterocycles. The maximum absolute atomic E-state index is 3.01. The molecule has 0 N–H and O–H groups in total. The van der Waals surface area contributed by atoms with Crippen LogP contribution in [-0.2, 0) is 32.6 Å². The summed E-state index contributed by atoms with van der Waals surface area (Å²) in [6.45, 7) is 9.09. The summed E-state index contributed by atoms with van der Waals surface area (Å²) in [6, 6.07) is 41.5. The zero-order valence-corrected chi connectivity index (χ0v) is 26.9. The number of fused-ring (bicyclic) bond motifs is 1. The standard InChI is InChI=1S/C11H15.3C6H5.C4H4P.2ClH.Zr/c1-6-5-10-8(3)7(2)9(4)11(6)10;3*1-2-4-6-5-3-1;1-2-4-5-3-1;;;/h6H,5H2,1-4H3;3*1-5H;1-3,5H;2*1H;/q5*-1;;;+2/p-2. The van der Waals surface area contributed by atoms with E-state index in [1.165, 1.54) is 12.0 Å². The first kappa shape index (κ1) is 37.4. The predicted molar refractivity (Wildman–Crippen MR) is 149 cm³/mol. The van der Waals surface area contributed by atoms with Gasteiger partial charge in [-0.15, -0.1) is 5.56 Å². The summed E-state index contributed by atoms with van der Waals surface area (Å²) < 4.78 is 0. The monoisotopic (exact) mass is 621 g/mol. The van der Waals surface area contributed by atoms with Crippen molar-refractivity contribution in [2.75, 3.05) is 0 Å². The molecule has 4 heteroatoms. The van der Waals surface area contributed by atoms with Crippen LogP contribution in [0.4, 0.5) is 0 Å². The van der Waals surface area contributed by atoms with Crippen molar-refractivity contribution in [3.63, 3.8) is 0 Å². The molecule has 0 saturated carbocycles. The summed E-state index contributed by atoms with van der Waals surface area (Å²) in [4.78, 5) is 0. The largest absolute Gasteiger partial charge is 2.00 e. The maximum Gasteiger partial charge on any atom is 2.00 e. The van der Waals surface area contributed by atoms with Gasteiger partial charge in [-0.05, 0) is 0 Å². The molecular weight excluding hydrogens is 589 g/mol. The first-order valence-corrected chi connectivity index (χ1v) is 12.7. The van der Waals surface area contributed by atoms with Crippen LogP contribution in [0.2, 0.25) is 0 Å². The van der Waals surface area contributed by atoms with Gasteiger partial charge in [-0.3, -0.25) is 8.19 Å². The van der Waals surface area contributed by atoms with Gasteiger partial charge in [-0.25, -0.2) is 6.07 Å². The van der Waals surface area contributed by atoms with Crippen LogP contribution in [0.3, 0.4) is 0 Å². The molecule has 0 fully saturated rings. The molecule has 0 spiro atoms. The summed E-state index contributed by atoms with van der Waals surface area (Å²) in [5, 5.41) is 0. The molecule has 37 heavy (non-hydrogen) atoms.